The average Bonchev–Trinajstić information content (AvgIpc) is 2.30. The van der Waals surface area contributed by atoms with Crippen LogP contribution in [-0.4, -0.2) is 26.8 Å². The summed E-state index contributed by atoms with van der Waals surface area (Å²) in [6, 6.07) is 3.72. The first kappa shape index (κ1) is 13.9. The number of hydrogen-bond acceptors (Lipinski definition) is 4. The fourth-order valence-corrected chi connectivity index (χ4v) is 1.66. The van der Waals surface area contributed by atoms with Crippen LogP contribution in [0.15, 0.2) is 12.1 Å². The van der Waals surface area contributed by atoms with Gasteiger partial charge >= 0.3 is 0 Å². The van der Waals surface area contributed by atoms with Gasteiger partial charge in [0.2, 0.25) is 0 Å². The molecule has 0 aliphatic heterocycles. The SMILES string of the molecule is COc1cc(NCCC(C)N)c(OC)cc1Cl. The summed E-state index contributed by atoms with van der Waals surface area (Å²) in [5.41, 5.74) is 6.55. The monoisotopic (exact) mass is 258 g/mol. The Morgan fingerprint density at radius 3 is 2.47 bits per heavy atom. The Morgan fingerprint density at radius 1 is 1.29 bits per heavy atom. The van der Waals surface area contributed by atoms with Crippen LogP contribution < -0.4 is 20.5 Å². The van der Waals surface area contributed by atoms with Crippen molar-refractivity contribution in [1.82, 2.24) is 0 Å². The number of ether oxygens (including phenoxy) is 2. The summed E-state index contributed by atoms with van der Waals surface area (Å²) in [7, 11) is 3.19. The fraction of sp³-hybridized carbons (Fsp3) is 0.500. The van der Waals surface area contributed by atoms with Gasteiger partial charge in [-0.1, -0.05) is 11.6 Å². The molecule has 0 aliphatic carbocycles. The number of halogens is 1. The van der Waals surface area contributed by atoms with Crippen molar-refractivity contribution in [3.63, 3.8) is 0 Å². The van der Waals surface area contributed by atoms with Gasteiger partial charge in [0.1, 0.15) is 11.5 Å². The Morgan fingerprint density at radius 2 is 1.94 bits per heavy atom. The van der Waals surface area contributed by atoms with E-state index in [1.54, 1.807) is 20.3 Å². The van der Waals surface area contributed by atoms with Gasteiger partial charge in [0.05, 0.1) is 24.9 Å². The Bertz CT molecular complexity index is 370. The fourth-order valence-electron chi connectivity index (χ4n) is 1.43. The summed E-state index contributed by atoms with van der Waals surface area (Å²) < 4.78 is 10.4. The van der Waals surface area contributed by atoms with Crippen LogP contribution in [-0.2, 0) is 0 Å². The highest BCUT2D eigenvalue weighted by atomic mass is 35.5. The molecular formula is C12H19ClN2O2. The standard InChI is InChI=1S/C12H19ClN2O2/c1-8(14)4-5-15-10-7-11(16-2)9(13)6-12(10)17-3/h6-8,15H,4-5,14H2,1-3H3. The lowest BCUT2D eigenvalue weighted by Gasteiger charge is -2.14. The van der Waals surface area contributed by atoms with E-state index in [2.05, 4.69) is 5.32 Å². The number of hydrogen-bond donors (Lipinski definition) is 2. The van der Waals surface area contributed by atoms with Crippen LogP contribution in [0.2, 0.25) is 5.02 Å². The molecule has 1 atom stereocenters. The van der Waals surface area contributed by atoms with Gasteiger partial charge in [0.25, 0.3) is 0 Å². The molecule has 0 bridgehead atoms. The molecule has 0 radical (unpaired) electrons. The lowest BCUT2D eigenvalue weighted by molar-refractivity contribution is 0.404. The molecule has 0 amide bonds. The second kappa shape index (κ2) is 6.57. The first-order chi connectivity index (χ1) is 8.08. The molecule has 0 aromatic heterocycles. The molecule has 1 aromatic rings. The number of methoxy groups -OCH3 is 2. The van der Waals surface area contributed by atoms with Gasteiger partial charge in [-0.3, -0.25) is 0 Å². The van der Waals surface area contributed by atoms with Crippen molar-refractivity contribution >= 4 is 17.3 Å². The van der Waals surface area contributed by atoms with E-state index in [0.717, 1.165) is 18.7 Å². The van der Waals surface area contributed by atoms with Crippen molar-refractivity contribution < 1.29 is 9.47 Å². The molecule has 1 unspecified atom stereocenters. The van der Waals surface area contributed by atoms with Gasteiger partial charge in [-0.15, -0.1) is 0 Å². The minimum Gasteiger partial charge on any atom is -0.495 e. The van der Waals surface area contributed by atoms with Gasteiger partial charge in [0, 0.05) is 24.7 Å². The van der Waals surface area contributed by atoms with Gasteiger partial charge in [-0.2, -0.15) is 0 Å². The Kier molecular flexibility index (Phi) is 5.38. The highest BCUT2D eigenvalue weighted by molar-refractivity contribution is 6.32. The van der Waals surface area contributed by atoms with Gasteiger partial charge < -0.3 is 20.5 Å². The van der Waals surface area contributed by atoms with Crippen molar-refractivity contribution in [2.24, 2.45) is 5.73 Å². The molecule has 0 heterocycles. The summed E-state index contributed by atoms with van der Waals surface area (Å²) in [5, 5.41) is 3.78. The second-order valence-corrected chi connectivity index (χ2v) is 4.29. The summed E-state index contributed by atoms with van der Waals surface area (Å²) in [4.78, 5) is 0. The van der Waals surface area contributed by atoms with Crippen molar-refractivity contribution in [1.29, 1.82) is 0 Å². The van der Waals surface area contributed by atoms with E-state index in [4.69, 9.17) is 26.8 Å². The first-order valence-electron chi connectivity index (χ1n) is 5.49. The van der Waals surface area contributed by atoms with E-state index in [1.807, 2.05) is 13.0 Å². The van der Waals surface area contributed by atoms with Crippen molar-refractivity contribution in [3.8, 4) is 11.5 Å². The first-order valence-corrected chi connectivity index (χ1v) is 5.87. The normalized spacial score (nSPS) is 12.1. The summed E-state index contributed by atoms with van der Waals surface area (Å²) in [6.45, 7) is 2.75. The smallest absolute Gasteiger partial charge is 0.143 e. The van der Waals surface area contributed by atoms with Crippen LogP contribution in [0.5, 0.6) is 11.5 Å². The number of benzene rings is 1. The zero-order chi connectivity index (χ0) is 12.8. The van der Waals surface area contributed by atoms with E-state index in [9.17, 15) is 0 Å². The molecule has 0 saturated heterocycles. The minimum atomic E-state index is 0.169. The van der Waals surface area contributed by atoms with E-state index in [1.165, 1.54) is 0 Å². The van der Waals surface area contributed by atoms with Crippen LogP contribution in [0.3, 0.4) is 0 Å². The Balaban J connectivity index is 2.81. The maximum absolute atomic E-state index is 6.01. The third kappa shape index (κ3) is 3.98. The third-order valence-corrected chi connectivity index (χ3v) is 2.68. The minimum absolute atomic E-state index is 0.169. The number of anilines is 1. The largest absolute Gasteiger partial charge is 0.495 e. The van der Waals surface area contributed by atoms with Crippen LogP contribution in [0.1, 0.15) is 13.3 Å². The van der Waals surface area contributed by atoms with E-state index >= 15 is 0 Å². The maximum Gasteiger partial charge on any atom is 0.143 e. The maximum atomic E-state index is 6.01. The number of rotatable bonds is 6. The van der Waals surface area contributed by atoms with Crippen molar-refractivity contribution in [2.45, 2.75) is 19.4 Å². The van der Waals surface area contributed by atoms with Gasteiger partial charge in [-0.05, 0) is 13.3 Å². The highest BCUT2D eigenvalue weighted by Gasteiger charge is 2.09. The van der Waals surface area contributed by atoms with Crippen molar-refractivity contribution in [2.75, 3.05) is 26.1 Å². The molecule has 96 valence electrons. The Labute approximate surface area is 107 Å². The lowest BCUT2D eigenvalue weighted by Crippen LogP contribution is -2.19. The predicted octanol–water partition coefficient (Wildman–Crippen LogP) is 2.51. The number of nitrogens with two attached hydrogens (primary N) is 1. The summed E-state index contributed by atoms with van der Waals surface area (Å²) >= 11 is 6.01. The summed E-state index contributed by atoms with van der Waals surface area (Å²) in [6.07, 6.45) is 0.883. The molecule has 17 heavy (non-hydrogen) atoms. The molecule has 3 N–H and O–H groups in total. The summed E-state index contributed by atoms with van der Waals surface area (Å²) in [5.74, 6) is 1.32. The van der Waals surface area contributed by atoms with Gasteiger partial charge in [-0.25, -0.2) is 0 Å². The van der Waals surface area contributed by atoms with Crippen LogP contribution in [0, 0.1) is 0 Å². The molecular weight excluding hydrogens is 240 g/mol. The van der Waals surface area contributed by atoms with Crippen LogP contribution in [0.4, 0.5) is 5.69 Å². The number of nitrogens with one attached hydrogen (secondary N) is 1. The van der Waals surface area contributed by atoms with E-state index < -0.39 is 0 Å². The molecule has 0 saturated carbocycles. The van der Waals surface area contributed by atoms with Gasteiger partial charge in [0.15, 0.2) is 0 Å². The molecule has 1 rings (SSSR count). The predicted molar refractivity (Wildman–Crippen MR) is 71.3 cm³/mol. The molecule has 0 spiro atoms. The highest BCUT2D eigenvalue weighted by Crippen LogP contribution is 2.35. The molecule has 0 fully saturated rings. The quantitative estimate of drug-likeness (QED) is 0.823. The molecule has 1 aromatic carbocycles. The average molecular weight is 259 g/mol. The van der Waals surface area contributed by atoms with E-state index in [0.29, 0.717) is 16.5 Å². The molecule has 5 heteroatoms. The lowest BCUT2D eigenvalue weighted by atomic mass is 10.2. The van der Waals surface area contributed by atoms with Crippen molar-refractivity contribution in [3.05, 3.63) is 17.2 Å². The zero-order valence-corrected chi connectivity index (χ0v) is 11.2. The Hall–Kier alpha value is -1.13. The topological polar surface area (TPSA) is 56.5 Å². The second-order valence-electron chi connectivity index (χ2n) is 3.88. The van der Waals surface area contributed by atoms with Crippen LogP contribution >= 0.6 is 11.6 Å². The molecule has 4 nitrogen and oxygen atoms in total. The third-order valence-electron chi connectivity index (χ3n) is 2.39. The molecule has 0 aliphatic rings. The zero-order valence-electron chi connectivity index (χ0n) is 10.4. The van der Waals surface area contributed by atoms with Crippen LogP contribution in [0.25, 0.3) is 0 Å². The van der Waals surface area contributed by atoms with E-state index in [-0.39, 0.29) is 6.04 Å².